The highest BCUT2D eigenvalue weighted by molar-refractivity contribution is 7.12. The zero-order valence-electron chi connectivity index (χ0n) is 11.0. The molecule has 96 valence electrons. The van der Waals surface area contributed by atoms with Gasteiger partial charge in [-0.15, -0.1) is 11.3 Å². The van der Waals surface area contributed by atoms with E-state index in [1.165, 1.54) is 27.5 Å². The van der Waals surface area contributed by atoms with Crippen LogP contribution >= 0.6 is 11.3 Å². The summed E-state index contributed by atoms with van der Waals surface area (Å²) in [6.45, 7) is 4.29. The maximum Gasteiger partial charge on any atom is 0.123 e. The summed E-state index contributed by atoms with van der Waals surface area (Å²) in [6.07, 6.45) is 0.885. The average Bonchev–Trinajstić information content (AvgIpc) is 2.69. The van der Waals surface area contributed by atoms with Crippen LogP contribution in [0.15, 0.2) is 30.3 Å². The summed E-state index contributed by atoms with van der Waals surface area (Å²) in [6, 6.07) is 9.29. The Balaban J connectivity index is 2.16. The van der Waals surface area contributed by atoms with E-state index in [0.717, 1.165) is 12.0 Å². The summed E-state index contributed by atoms with van der Waals surface area (Å²) in [7, 11) is 1.97. The summed E-state index contributed by atoms with van der Waals surface area (Å²) in [4.78, 5) is 2.71. The van der Waals surface area contributed by atoms with Crippen LogP contribution in [0.2, 0.25) is 0 Å². The van der Waals surface area contributed by atoms with Gasteiger partial charge in [0.1, 0.15) is 5.82 Å². The van der Waals surface area contributed by atoms with E-state index in [4.69, 9.17) is 0 Å². The molecule has 1 unspecified atom stereocenters. The van der Waals surface area contributed by atoms with Crippen LogP contribution < -0.4 is 5.32 Å². The van der Waals surface area contributed by atoms with Crippen molar-refractivity contribution in [3.05, 3.63) is 57.0 Å². The van der Waals surface area contributed by atoms with Crippen molar-refractivity contribution in [2.45, 2.75) is 26.3 Å². The lowest BCUT2D eigenvalue weighted by molar-refractivity contribution is 0.597. The molecule has 0 saturated heterocycles. The quantitative estimate of drug-likeness (QED) is 0.879. The van der Waals surface area contributed by atoms with Crippen LogP contribution in [0.4, 0.5) is 4.39 Å². The number of halogens is 1. The topological polar surface area (TPSA) is 12.0 Å². The fourth-order valence-corrected chi connectivity index (χ4v) is 3.13. The first kappa shape index (κ1) is 13.2. The lowest BCUT2D eigenvalue weighted by Crippen LogP contribution is -2.17. The second-order valence-corrected chi connectivity index (χ2v) is 5.85. The summed E-state index contributed by atoms with van der Waals surface area (Å²) >= 11 is 1.83. The van der Waals surface area contributed by atoms with E-state index >= 15 is 0 Å². The normalized spacial score (nSPS) is 12.7. The molecular weight excluding hydrogens is 245 g/mol. The Morgan fingerprint density at radius 1 is 1.22 bits per heavy atom. The third kappa shape index (κ3) is 2.98. The molecule has 3 heteroatoms. The largest absolute Gasteiger partial charge is 0.312 e. The van der Waals surface area contributed by atoms with E-state index in [0.29, 0.717) is 6.04 Å². The molecule has 0 aliphatic carbocycles. The van der Waals surface area contributed by atoms with E-state index in [1.54, 1.807) is 0 Å². The Bertz CT molecular complexity index is 496. The maximum absolute atomic E-state index is 12.9. The van der Waals surface area contributed by atoms with Crippen molar-refractivity contribution in [3.8, 4) is 0 Å². The van der Waals surface area contributed by atoms with Crippen molar-refractivity contribution < 1.29 is 4.39 Å². The summed E-state index contributed by atoms with van der Waals surface area (Å²) in [5.41, 5.74) is 2.49. The van der Waals surface area contributed by atoms with Crippen LogP contribution in [0, 0.1) is 19.7 Å². The lowest BCUT2D eigenvalue weighted by Gasteiger charge is -2.14. The van der Waals surface area contributed by atoms with Crippen molar-refractivity contribution in [2.24, 2.45) is 0 Å². The predicted octanol–water partition coefficient (Wildman–Crippen LogP) is 4.01. The molecule has 0 amide bonds. The fourth-order valence-electron chi connectivity index (χ4n) is 1.97. The monoisotopic (exact) mass is 263 g/mol. The molecule has 2 rings (SSSR count). The van der Waals surface area contributed by atoms with Gasteiger partial charge in [-0.2, -0.15) is 0 Å². The zero-order valence-corrected chi connectivity index (χ0v) is 11.8. The first-order valence-corrected chi connectivity index (χ1v) is 6.90. The Hall–Kier alpha value is -1.19. The van der Waals surface area contributed by atoms with Crippen LogP contribution in [0.1, 0.15) is 26.9 Å². The Kier molecular flexibility index (Phi) is 4.15. The van der Waals surface area contributed by atoms with Crippen molar-refractivity contribution >= 4 is 11.3 Å². The molecule has 1 atom stereocenters. The van der Waals surface area contributed by atoms with Gasteiger partial charge in [-0.25, -0.2) is 4.39 Å². The van der Waals surface area contributed by atoms with E-state index in [9.17, 15) is 4.39 Å². The van der Waals surface area contributed by atoms with Gasteiger partial charge in [0.2, 0.25) is 0 Å². The molecule has 18 heavy (non-hydrogen) atoms. The molecule has 0 radical (unpaired) electrons. The van der Waals surface area contributed by atoms with Crippen LogP contribution in [0.5, 0.6) is 0 Å². The highest BCUT2D eigenvalue weighted by Crippen LogP contribution is 2.28. The molecule has 0 fully saturated rings. The van der Waals surface area contributed by atoms with Gasteiger partial charge in [0, 0.05) is 15.8 Å². The molecule has 0 saturated carbocycles. The molecule has 1 nitrogen and oxygen atoms in total. The minimum atomic E-state index is -0.178. The molecular formula is C15H18FNS. The standard InChI is InChI=1S/C15H18FNS/c1-10-8-15(18-11(10)2)14(17-3)9-12-4-6-13(16)7-5-12/h4-8,14,17H,9H2,1-3H3. The number of hydrogen-bond donors (Lipinski definition) is 1. The van der Waals surface area contributed by atoms with E-state index < -0.39 is 0 Å². The molecule has 2 aromatic rings. The highest BCUT2D eigenvalue weighted by Gasteiger charge is 2.13. The van der Waals surface area contributed by atoms with Crippen molar-refractivity contribution in [1.82, 2.24) is 5.32 Å². The molecule has 1 heterocycles. The van der Waals surface area contributed by atoms with Crippen LogP contribution in [0.25, 0.3) is 0 Å². The smallest absolute Gasteiger partial charge is 0.123 e. The van der Waals surface area contributed by atoms with Crippen molar-refractivity contribution in [1.29, 1.82) is 0 Å². The van der Waals surface area contributed by atoms with Gasteiger partial charge in [-0.3, -0.25) is 0 Å². The van der Waals surface area contributed by atoms with Gasteiger partial charge in [0.05, 0.1) is 0 Å². The van der Waals surface area contributed by atoms with Crippen LogP contribution in [0.3, 0.4) is 0 Å². The minimum Gasteiger partial charge on any atom is -0.312 e. The molecule has 0 spiro atoms. The van der Waals surface area contributed by atoms with E-state index in [-0.39, 0.29) is 5.82 Å². The first-order chi connectivity index (χ1) is 8.60. The van der Waals surface area contributed by atoms with E-state index in [2.05, 4.69) is 25.2 Å². The molecule has 1 N–H and O–H groups in total. The van der Waals surface area contributed by atoms with Gasteiger partial charge >= 0.3 is 0 Å². The number of aryl methyl sites for hydroxylation is 2. The Labute approximate surface area is 112 Å². The molecule has 0 aliphatic rings. The number of rotatable bonds is 4. The predicted molar refractivity (Wildman–Crippen MR) is 75.7 cm³/mol. The fraction of sp³-hybridized carbons (Fsp3) is 0.333. The molecule has 0 aliphatic heterocycles. The number of benzene rings is 1. The minimum absolute atomic E-state index is 0.178. The van der Waals surface area contributed by atoms with Crippen LogP contribution in [-0.4, -0.2) is 7.05 Å². The lowest BCUT2D eigenvalue weighted by atomic mass is 10.0. The van der Waals surface area contributed by atoms with E-state index in [1.807, 2.05) is 30.5 Å². The summed E-state index contributed by atoms with van der Waals surface area (Å²) in [5, 5.41) is 3.34. The van der Waals surface area contributed by atoms with Gasteiger partial charge in [0.25, 0.3) is 0 Å². The molecule has 0 bridgehead atoms. The van der Waals surface area contributed by atoms with Gasteiger partial charge in [0.15, 0.2) is 0 Å². The summed E-state index contributed by atoms with van der Waals surface area (Å²) in [5.74, 6) is -0.178. The number of nitrogens with one attached hydrogen (secondary N) is 1. The zero-order chi connectivity index (χ0) is 13.1. The number of hydrogen-bond acceptors (Lipinski definition) is 2. The summed E-state index contributed by atoms with van der Waals surface area (Å²) < 4.78 is 12.9. The van der Waals surface area contributed by atoms with Crippen molar-refractivity contribution in [2.75, 3.05) is 7.05 Å². The van der Waals surface area contributed by atoms with Crippen molar-refractivity contribution in [3.63, 3.8) is 0 Å². The average molecular weight is 263 g/mol. The number of likely N-dealkylation sites (N-methyl/N-ethyl adjacent to an activating group) is 1. The molecule has 1 aromatic carbocycles. The maximum atomic E-state index is 12.9. The highest BCUT2D eigenvalue weighted by atomic mass is 32.1. The van der Waals surface area contributed by atoms with Gasteiger partial charge in [-0.05, 0) is 56.6 Å². The first-order valence-electron chi connectivity index (χ1n) is 6.09. The van der Waals surface area contributed by atoms with Crippen LogP contribution in [-0.2, 0) is 6.42 Å². The van der Waals surface area contributed by atoms with Gasteiger partial charge < -0.3 is 5.32 Å². The van der Waals surface area contributed by atoms with Gasteiger partial charge in [-0.1, -0.05) is 12.1 Å². The Morgan fingerprint density at radius 3 is 2.39 bits per heavy atom. The Morgan fingerprint density at radius 2 is 1.89 bits per heavy atom. The molecule has 1 aromatic heterocycles. The third-order valence-electron chi connectivity index (χ3n) is 3.23. The second kappa shape index (κ2) is 5.63. The number of thiophene rings is 1. The second-order valence-electron chi connectivity index (χ2n) is 4.56. The SMILES string of the molecule is CNC(Cc1ccc(F)cc1)c1cc(C)c(C)s1. The third-order valence-corrected chi connectivity index (χ3v) is 4.50.